The van der Waals surface area contributed by atoms with E-state index >= 15 is 0 Å². The molecule has 9 nitrogen and oxygen atoms in total. The second kappa shape index (κ2) is 36.8. The Morgan fingerprint density at radius 2 is 0.655 bits per heavy atom. The molecule has 2 rings (SSSR count). The molecule has 0 aromatic carbocycles. The van der Waals surface area contributed by atoms with Gasteiger partial charge >= 0.3 is 53.6 Å². The van der Waals surface area contributed by atoms with Gasteiger partial charge in [0.25, 0.3) is 0 Å². The minimum absolute atomic E-state index is 1.19. The number of hydrogen-bond acceptors (Lipinski definition) is 7. The van der Waals surface area contributed by atoms with Gasteiger partial charge in [0.2, 0.25) is 0 Å². The van der Waals surface area contributed by atoms with Gasteiger partial charge in [-0.25, -0.2) is 9.13 Å². The summed E-state index contributed by atoms with van der Waals surface area (Å²) in [5.41, 5.74) is 2.75. The fourth-order valence-electron chi connectivity index (χ4n) is 6.68. The van der Waals surface area contributed by atoms with Crippen LogP contribution >= 0.6 is 0 Å². The van der Waals surface area contributed by atoms with Crippen molar-refractivity contribution in [2.24, 2.45) is 0 Å². The summed E-state index contributed by atoms with van der Waals surface area (Å²) in [6.45, 7) is 11.4. The SMILES string of the molecule is CCCCCCCCCCCCCCCC[n+]1ccccc1C.CCCCCCCCCCCCCCCC[n+]1ccccc1C.[O]=[Cr](=[O])([O-])[O][Cr](=[O])(=[O])[O-]. The quantitative estimate of drug-likeness (QED) is 0.0529. The van der Waals surface area contributed by atoms with Gasteiger partial charge in [-0.15, -0.1) is 0 Å². The van der Waals surface area contributed by atoms with Crippen LogP contribution in [0.5, 0.6) is 0 Å². The van der Waals surface area contributed by atoms with E-state index < -0.39 is 27.2 Å². The summed E-state index contributed by atoms with van der Waals surface area (Å²) >= 11 is -12.1. The molecular weight excluding hydrogens is 772 g/mol. The van der Waals surface area contributed by atoms with Crippen LogP contribution in [0.25, 0.3) is 0 Å². The molecule has 0 aliphatic rings. The van der Waals surface area contributed by atoms with Crippen LogP contribution in [0.1, 0.15) is 205 Å². The molecule has 2 aromatic heterocycles. The van der Waals surface area contributed by atoms with Crippen molar-refractivity contribution in [3.05, 3.63) is 60.2 Å². The topological polar surface area (TPSA) is 131 Å². The summed E-state index contributed by atoms with van der Waals surface area (Å²) in [6, 6.07) is 12.9. The molecule has 320 valence electrons. The minimum atomic E-state index is -6.07. The van der Waals surface area contributed by atoms with Crippen LogP contribution in [-0.4, -0.2) is 0 Å². The summed E-state index contributed by atoms with van der Waals surface area (Å²) in [4.78, 5) is 0. The first-order valence-electron chi connectivity index (χ1n) is 21.9. The van der Waals surface area contributed by atoms with Crippen molar-refractivity contribution in [1.82, 2.24) is 0 Å². The Bertz CT molecular complexity index is 1270. The molecule has 0 saturated heterocycles. The van der Waals surface area contributed by atoms with Crippen LogP contribution in [0.4, 0.5) is 0 Å². The van der Waals surface area contributed by atoms with E-state index in [2.05, 4.69) is 88.5 Å². The van der Waals surface area contributed by atoms with Crippen LogP contribution in [-0.2, 0) is 58.4 Å². The van der Waals surface area contributed by atoms with Crippen LogP contribution in [0.3, 0.4) is 0 Å². The average Bonchev–Trinajstić information content (AvgIpc) is 3.12. The predicted octanol–water partition coefficient (Wildman–Crippen LogP) is 10.6. The van der Waals surface area contributed by atoms with Crippen molar-refractivity contribution in [3.63, 3.8) is 0 Å². The average molecular weight is 853 g/mol. The van der Waals surface area contributed by atoms with E-state index in [-0.39, 0.29) is 0 Å². The van der Waals surface area contributed by atoms with Gasteiger partial charge in [-0.2, -0.15) is 0 Å². The third-order valence-corrected chi connectivity index (χ3v) is 12.7. The zero-order chi connectivity index (χ0) is 40.9. The van der Waals surface area contributed by atoms with E-state index in [4.69, 9.17) is 0 Å². The van der Waals surface area contributed by atoms with Gasteiger partial charge in [0, 0.05) is 51.0 Å². The fourth-order valence-corrected chi connectivity index (χ4v) is 8.31. The number of aromatic nitrogens is 2. The number of hydrogen-bond donors (Lipinski definition) is 0. The Morgan fingerprint density at radius 1 is 0.418 bits per heavy atom. The van der Waals surface area contributed by atoms with E-state index in [0.717, 1.165) is 0 Å². The molecule has 0 unspecified atom stereocenters. The van der Waals surface area contributed by atoms with E-state index in [0.29, 0.717) is 0 Å². The summed E-state index contributed by atoms with van der Waals surface area (Å²) in [7, 11) is 0. The van der Waals surface area contributed by atoms with E-state index in [9.17, 15) is 23.5 Å². The molecule has 0 saturated carbocycles. The van der Waals surface area contributed by atoms with E-state index in [1.807, 2.05) is 0 Å². The van der Waals surface area contributed by atoms with Crippen LogP contribution in [0, 0.1) is 13.8 Å². The van der Waals surface area contributed by atoms with E-state index in [1.54, 1.807) is 0 Å². The Morgan fingerprint density at radius 3 is 0.855 bits per heavy atom. The normalized spacial score (nSPS) is 11.5. The van der Waals surface area contributed by atoms with Crippen molar-refractivity contribution < 1.29 is 62.7 Å². The molecular formula is C44H80Cr2N2O7. The summed E-state index contributed by atoms with van der Waals surface area (Å²) in [5.74, 6) is 0. The first kappa shape index (κ1) is 53.4. The molecule has 0 N–H and O–H groups in total. The van der Waals surface area contributed by atoms with Crippen LogP contribution < -0.4 is 17.5 Å². The molecule has 0 aliphatic carbocycles. The number of unbranched alkanes of at least 4 members (excludes halogenated alkanes) is 26. The molecule has 11 heteroatoms. The Hall–Kier alpha value is -1.56. The van der Waals surface area contributed by atoms with Gasteiger partial charge in [0.05, 0.1) is 0 Å². The monoisotopic (exact) mass is 852 g/mol. The van der Waals surface area contributed by atoms with Crippen molar-refractivity contribution in [2.75, 3.05) is 0 Å². The van der Waals surface area contributed by atoms with E-state index in [1.165, 1.54) is 204 Å². The standard InChI is InChI=1S/2C22H40N.2Cr.7O/c2*1-3-4-5-6-7-8-9-10-11-12-13-14-15-17-20-23-21-18-16-19-22(23)2;;;;;;;;;/h2*16,18-19,21H,3-15,17,20H2,1-2H3;;;;;;;;;/q2*+1;;;;;;;;2*-1. The van der Waals surface area contributed by atoms with Crippen LogP contribution in [0.2, 0.25) is 0 Å². The van der Waals surface area contributed by atoms with Gasteiger partial charge in [-0.1, -0.05) is 180 Å². The molecule has 0 atom stereocenters. The van der Waals surface area contributed by atoms with Gasteiger partial charge in [-0.05, 0) is 12.8 Å². The molecule has 0 fully saturated rings. The third kappa shape index (κ3) is 39.1. The first-order chi connectivity index (χ1) is 26.4. The molecule has 0 radical (unpaired) electrons. The van der Waals surface area contributed by atoms with Crippen molar-refractivity contribution in [1.29, 1.82) is 0 Å². The van der Waals surface area contributed by atoms with Crippen LogP contribution in [0.15, 0.2) is 48.8 Å². The number of nitrogens with zero attached hydrogens (tertiary/aromatic N) is 2. The maximum atomic E-state index is 9.38. The fraction of sp³-hybridized carbons (Fsp3) is 0.773. The maximum absolute atomic E-state index is 9.38. The van der Waals surface area contributed by atoms with Crippen molar-refractivity contribution in [3.8, 4) is 0 Å². The van der Waals surface area contributed by atoms with Gasteiger partial charge < -0.3 is 0 Å². The second-order valence-corrected chi connectivity index (χ2v) is 18.8. The zero-order valence-electron chi connectivity index (χ0n) is 35.4. The first-order valence-corrected chi connectivity index (χ1v) is 26.1. The summed E-state index contributed by atoms with van der Waals surface area (Å²) in [5, 5.41) is 0. The second-order valence-electron chi connectivity index (χ2n) is 15.1. The number of rotatable bonds is 32. The van der Waals surface area contributed by atoms with Crippen molar-refractivity contribution in [2.45, 2.75) is 221 Å². The van der Waals surface area contributed by atoms with Gasteiger partial charge in [0.1, 0.15) is 13.1 Å². The number of pyridine rings is 2. The van der Waals surface area contributed by atoms with Gasteiger partial charge in [0.15, 0.2) is 23.8 Å². The van der Waals surface area contributed by atoms with Gasteiger partial charge in [-0.3, -0.25) is 0 Å². The molecule has 0 amide bonds. The zero-order valence-corrected chi connectivity index (χ0v) is 38.0. The number of aryl methyl sites for hydroxylation is 4. The Labute approximate surface area is 341 Å². The molecule has 0 bridgehead atoms. The Kier molecular flexibility index (Phi) is 35.7. The molecule has 55 heavy (non-hydrogen) atoms. The summed E-state index contributed by atoms with van der Waals surface area (Å²) in [6.07, 6.45) is 44.6. The third-order valence-electron chi connectivity index (χ3n) is 10.0. The molecule has 2 heterocycles. The summed E-state index contributed by atoms with van der Waals surface area (Å²) < 4.78 is 63.6. The predicted molar refractivity (Wildman–Crippen MR) is 207 cm³/mol. The molecule has 0 spiro atoms. The van der Waals surface area contributed by atoms with Crippen molar-refractivity contribution >= 4 is 0 Å². The molecule has 0 aliphatic heterocycles. The molecule has 2 aromatic rings. The Balaban J connectivity index is 0.000000870.